The van der Waals surface area contributed by atoms with Gasteiger partial charge in [-0.2, -0.15) is 4.98 Å². The van der Waals surface area contributed by atoms with Crippen LogP contribution in [0.5, 0.6) is 17.2 Å². The quantitative estimate of drug-likeness (QED) is 0.128. The van der Waals surface area contributed by atoms with Crippen molar-refractivity contribution >= 4 is 29.1 Å². The third-order valence-electron chi connectivity index (χ3n) is 6.54. The second-order valence-corrected chi connectivity index (χ2v) is 9.60. The zero-order valence-electron chi connectivity index (χ0n) is 24.0. The van der Waals surface area contributed by atoms with Crippen molar-refractivity contribution in [2.75, 3.05) is 25.2 Å². The summed E-state index contributed by atoms with van der Waals surface area (Å²) in [5, 5.41) is 9.23. The first kappa shape index (κ1) is 30.2. The number of oxazole rings is 1. The lowest BCUT2D eigenvalue weighted by atomic mass is 10.2. The van der Waals surface area contributed by atoms with Crippen molar-refractivity contribution in [3.63, 3.8) is 0 Å². The Morgan fingerprint density at radius 1 is 0.929 bits per heavy atom. The lowest BCUT2D eigenvalue weighted by Crippen LogP contribution is -2.35. The van der Waals surface area contributed by atoms with Crippen molar-refractivity contribution in [2.45, 2.75) is 51.9 Å². The predicted octanol–water partition coefficient (Wildman–Crippen LogP) is 5.88. The molecule has 1 N–H and O–H groups in total. The van der Waals surface area contributed by atoms with E-state index in [-0.39, 0.29) is 6.42 Å². The Morgan fingerprint density at radius 3 is 2.36 bits per heavy atom. The number of para-hydroxylation sites is 2. The Morgan fingerprint density at radius 2 is 1.67 bits per heavy atom. The van der Waals surface area contributed by atoms with Crippen LogP contribution in [0.1, 0.15) is 38.7 Å². The summed E-state index contributed by atoms with van der Waals surface area (Å²) in [5.74, 6) is 0.105. The van der Waals surface area contributed by atoms with E-state index in [1.165, 1.54) is 0 Å². The highest BCUT2D eigenvalue weighted by Gasteiger charge is 2.27. The molecule has 222 valence electrons. The van der Waals surface area contributed by atoms with E-state index >= 15 is 0 Å². The summed E-state index contributed by atoms with van der Waals surface area (Å²) < 4.78 is 28.3. The summed E-state index contributed by atoms with van der Waals surface area (Å²) in [6.07, 6.45) is -0.948. The Balaban J connectivity index is 1.45. The number of aromatic nitrogens is 1. The van der Waals surface area contributed by atoms with Crippen molar-refractivity contribution in [2.24, 2.45) is 0 Å². The molecule has 0 unspecified atom stereocenters. The number of benzene rings is 3. The number of carboxylic acids is 1. The molecule has 3 aromatic carbocycles. The minimum Gasteiger partial charge on any atom is -0.497 e. The maximum Gasteiger partial charge on any atom is 0.348 e. The standard InChI is InChI=1S/C32H36N2O8/c1-4-27(30(35)36)41-31(37)28(5-2)40-25-11-8-10-22(20-25)21-34(32-33-26-12-6-7-13-29(26)42-32)18-9-19-39-24-16-14-23(38-3)15-17-24/h6-8,10-17,20,27-28H,4-5,9,18-19,21H2,1-3H3,(H,35,36)/t27-,28-/m1/s1. The van der Waals surface area contributed by atoms with Crippen molar-refractivity contribution in [3.05, 3.63) is 78.4 Å². The summed E-state index contributed by atoms with van der Waals surface area (Å²) in [4.78, 5) is 30.6. The van der Waals surface area contributed by atoms with Crippen molar-refractivity contribution in [1.82, 2.24) is 4.98 Å². The maximum atomic E-state index is 12.6. The average molecular weight is 577 g/mol. The Bertz CT molecular complexity index is 1420. The van der Waals surface area contributed by atoms with Crippen molar-refractivity contribution in [1.29, 1.82) is 0 Å². The van der Waals surface area contributed by atoms with Crippen LogP contribution in [0.3, 0.4) is 0 Å². The number of anilines is 1. The van der Waals surface area contributed by atoms with Gasteiger partial charge in [0.1, 0.15) is 22.8 Å². The number of nitrogens with zero attached hydrogens (tertiary/aromatic N) is 2. The second kappa shape index (κ2) is 14.8. The molecule has 0 aliphatic rings. The van der Waals surface area contributed by atoms with Gasteiger partial charge in [-0.25, -0.2) is 9.59 Å². The van der Waals surface area contributed by atoms with Crippen LogP contribution in [0, 0.1) is 0 Å². The van der Waals surface area contributed by atoms with Gasteiger partial charge in [-0.05, 0) is 73.4 Å². The molecule has 10 nitrogen and oxygen atoms in total. The van der Waals surface area contributed by atoms with E-state index in [0.29, 0.717) is 49.9 Å². The fraction of sp³-hybridized carbons (Fsp3) is 0.344. The smallest absolute Gasteiger partial charge is 0.348 e. The number of hydrogen-bond acceptors (Lipinski definition) is 9. The van der Waals surface area contributed by atoms with Crippen LogP contribution in [0.4, 0.5) is 6.01 Å². The minimum atomic E-state index is -1.21. The van der Waals surface area contributed by atoms with E-state index in [1.807, 2.05) is 71.6 Å². The van der Waals surface area contributed by atoms with Crippen LogP contribution in [0.2, 0.25) is 0 Å². The fourth-order valence-electron chi connectivity index (χ4n) is 4.28. The molecule has 0 aliphatic heterocycles. The second-order valence-electron chi connectivity index (χ2n) is 9.60. The highest BCUT2D eigenvalue weighted by molar-refractivity contribution is 5.80. The molecule has 0 amide bonds. The number of carbonyl (C=O) groups excluding carboxylic acids is 1. The fourth-order valence-corrected chi connectivity index (χ4v) is 4.28. The molecule has 0 bridgehead atoms. The van der Waals surface area contributed by atoms with Crippen molar-refractivity contribution < 1.29 is 38.1 Å². The molecule has 0 saturated carbocycles. The van der Waals surface area contributed by atoms with Crippen LogP contribution in [0.15, 0.2) is 77.2 Å². The minimum absolute atomic E-state index is 0.170. The number of esters is 1. The van der Waals surface area contributed by atoms with E-state index in [2.05, 4.69) is 4.98 Å². The predicted molar refractivity (Wildman–Crippen MR) is 157 cm³/mol. The van der Waals surface area contributed by atoms with Crippen LogP contribution >= 0.6 is 0 Å². The number of carbonyl (C=O) groups is 2. The molecule has 10 heteroatoms. The highest BCUT2D eigenvalue weighted by atomic mass is 16.6. The van der Waals surface area contributed by atoms with Gasteiger partial charge in [-0.15, -0.1) is 0 Å². The number of hydrogen-bond donors (Lipinski definition) is 1. The summed E-state index contributed by atoms with van der Waals surface area (Å²) in [6.45, 7) is 4.98. The summed E-state index contributed by atoms with van der Waals surface area (Å²) in [5.41, 5.74) is 2.37. The zero-order chi connectivity index (χ0) is 29.9. The average Bonchev–Trinajstić information content (AvgIpc) is 3.44. The van der Waals surface area contributed by atoms with Crippen molar-refractivity contribution in [3.8, 4) is 17.2 Å². The first-order chi connectivity index (χ1) is 20.4. The number of fused-ring (bicyclic) bond motifs is 1. The molecule has 2 atom stereocenters. The third-order valence-corrected chi connectivity index (χ3v) is 6.54. The van der Waals surface area contributed by atoms with Gasteiger partial charge in [0, 0.05) is 13.1 Å². The topological polar surface area (TPSA) is 121 Å². The molecule has 42 heavy (non-hydrogen) atoms. The SMILES string of the molecule is CC[C@@H](OC(=O)[C@@H](CC)Oc1cccc(CN(CCCOc2ccc(OC)cc2)c2nc3ccccc3o2)c1)C(=O)O. The molecule has 0 radical (unpaired) electrons. The number of rotatable bonds is 16. The molecule has 0 aliphatic carbocycles. The summed E-state index contributed by atoms with van der Waals surface area (Å²) >= 11 is 0. The van der Waals surface area contributed by atoms with Gasteiger partial charge in [-0.3, -0.25) is 0 Å². The van der Waals surface area contributed by atoms with Gasteiger partial charge in [0.2, 0.25) is 0 Å². The molecule has 0 fully saturated rings. The van der Waals surface area contributed by atoms with Gasteiger partial charge in [0.25, 0.3) is 6.01 Å². The molecule has 1 heterocycles. The normalized spacial score (nSPS) is 12.4. The molecule has 4 rings (SSSR count). The third kappa shape index (κ3) is 8.15. The van der Waals surface area contributed by atoms with Crippen LogP contribution in [-0.2, 0) is 20.9 Å². The van der Waals surface area contributed by atoms with E-state index in [4.69, 9.17) is 23.4 Å². The van der Waals surface area contributed by atoms with Gasteiger partial charge >= 0.3 is 11.9 Å². The molecule has 0 saturated heterocycles. The van der Waals surface area contributed by atoms with Gasteiger partial charge in [0.05, 0.1) is 13.7 Å². The Kier molecular flexibility index (Phi) is 10.6. The van der Waals surface area contributed by atoms with Crippen LogP contribution < -0.4 is 19.1 Å². The number of aliphatic carboxylic acids is 1. The first-order valence-corrected chi connectivity index (χ1v) is 14.0. The Labute approximate surface area is 244 Å². The van der Waals surface area contributed by atoms with Gasteiger partial charge < -0.3 is 33.4 Å². The van der Waals surface area contributed by atoms with Crippen LogP contribution in [-0.4, -0.2) is 54.5 Å². The lowest BCUT2D eigenvalue weighted by molar-refractivity contribution is -0.169. The number of methoxy groups -OCH3 is 1. The maximum absolute atomic E-state index is 12.6. The van der Waals surface area contributed by atoms with Crippen LogP contribution in [0.25, 0.3) is 11.1 Å². The van der Waals surface area contributed by atoms with Gasteiger partial charge in [0.15, 0.2) is 17.8 Å². The molecule has 0 spiro atoms. The number of ether oxygens (including phenoxy) is 4. The number of carboxylic acid groups (broad SMARTS) is 1. The molecular weight excluding hydrogens is 540 g/mol. The Hall–Kier alpha value is -4.73. The largest absolute Gasteiger partial charge is 0.497 e. The first-order valence-electron chi connectivity index (χ1n) is 14.0. The zero-order valence-corrected chi connectivity index (χ0v) is 24.0. The highest BCUT2D eigenvalue weighted by Crippen LogP contribution is 2.25. The molecule has 1 aromatic heterocycles. The summed E-state index contributed by atoms with van der Waals surface area (Å²) in [6, 6.07) is 22.9. The van der Waals surface area contributed by atoms with E-state index in [0.717, 1.165) is 22.6 Å². The van der Waals surface area contributed by atoms with E-state index in [9.17, 15) is 14.7 Å². The molecule has 4 aromatic rings. The summed E-state index contributed by atoms with van der Waals surface area (Å²) in [7, 11) is 1.62. The lowest BCUT2D eigenvalue weighted by Gasteiger charge is -2.22. The monoisotopic (exact) mass is 576 g/mol. The van der Waals surface area contributed by atoms with E-state index in [1.54, 1.807) is 27.0 Å². The van der Waals surface area contributed by atoms with E-state index < -0.39 is 24.1 Å². The molecular formula is C32H36N2O8. The van der Waals surface area contributed by atoms with Gasteiger partial charge in [-0.1, -0.05) is 38.1 Å².